The van der Waals surface area contributed by atoms with E-state index in [1.807, 2.05) is 23.1 Å². The number of esters is 1. The van der Waals surface area contributed by atoms with Crippen molar-refractivity contribution in [3.8, 4) is 11.5 Å². The summed E-state index contributed by atoms with van der Waals surface area (Å²) in [4.78, 5) is 27.4. The van der Waals surface area contributed by atoms with Crippen LogP contribution in [-0.2, 0) is 20.9 Å². The normalized spacial score (nSPS) is 25.5. The molecule has 1 unspecified atom stereocenters. The van der Waals surface area contributed by atoms with Gasteiger partial charge in [-0.2, -0.15) is 0 Å². The van der Waals surface area contributed by atoms with Gasteiger partial charge >= 0.3 is 5.97 Å². The summed E-state index contributed by atoms with van der Waals surface area (Å²) in [6.07, 6.45) is 5.99. The van der Waals surface area contributed by atoms with E-state index in [2.05, 4.69) is 0 Å². The lowest BCUT2D eigenvalue weighted by molar-refractivity contribution is -0.152. The molecule has 0 bridgehead atoms. The van der Waals surface area contributed by atoms with E-state index in [9.17, 15) is 9.59 Å². The Morgan fingerprint density at radius 3 is 2.69 bits per heavy atom. The molecule has 2 heterocycles. The summed E-state index contributed by atoms with van der Waals surface area (Å²) in [5.74, 6) is 1.02. The molecule has 3 fully saturated rings. The van der Waals surface area contributed by atoms with Gasteiger partial charge in [-0.3, -0.25) is 9.59 Å². The molecule has 1 spiro atoms. The van der Waals surface area contributed by atoms with Gasteiger partial charge < -0.3 is 19.1 Å². The van der Waals surface area contributed by atoms with E-state index in [-0.39, 0.29) is 37.0 Å². The quantitative estimate of drug-likeness (QED) is 0.776. The predicted octanol–water partition coefficient (Wildman–Crippen LogP) is 2.78. The minimum absolute atomic E-state index is 0.0814. The summed E-state index contributed by atoms with van der Waals surface area (Å²) >= 11 is 0. The van der Waals surface area contributed by atoms with E-state index in [0.29, 0.717) is 6.54 Å². The SMILES string of the molecule is O=C1CC(C(=O)N(Cc2ccc3c(c2)OCO3)C2CC2)C2(CCCC2)O1. The molecular formula is C20H23NO5. The predicted molar refractivity (Wildman–Crippen MR) is 91.5 cm³/mol. The fourth-order valence-corrected chi connectivity index (χ4v) is 4.64. The molecule has 0 N–H and O–H groups in total. The summed E-state index contributed by atoms with van der Waals surface area (Å²) in [5, 5.41) is 0. The average molecular weight is 357 g/mol. The molecule has 6 nitrogen and oxygen atoms in total. The molecule has 2 aliphatic heterocycles. The minimum Gasteiger partial charge on any atom is -0.458 e. The smallest absolute Gasteiger partial charge is 0.307 e. The summed E-state index contributed by atoms with van der Waals surface area (Å²) in [7, 11) is 0. The van der Waals surface area contributed by atoms with Crippen molar-refractivity contribution in [2.45, 2.75) is 63.1 Å². The van der Waals surface area contributed by atoms with E-state index in [4.69, 9.17) is 14.2 Å². The van der Waals surface area contributed by atoms with Gasteiger partial charge in [-0.05, 0) is 56.2 Å². The number of amides is 1. The van der Waals surface area contributed by atoms with Crippen molar-refractivity contribution >= 4 is 11.9 Å². The molecular weight excluding hydrogens is 334 g/mol. The van der Waals surface area contributed by atoms with Crippen LogP contribution in [0.15, 0.2) is 18.2 Å². The molecule has 138 valence electrons. The van der Waals surface area contributed by atoms with Crippen molar-refractivity contribution in [1.29, 1.82) is 0 Å². The Balaban J connectivity index is 1.39. The molecule has 6 heteroatoms. The van der Waals surface area contributed by atoms with E-state index in [0.717, 1.165) is 55.6 Å². The first kappa shape index (κ1) is 16.0. The number of carbonyl (C=O) groups is 2. The third-order valence-electron chi connectivity index (χ3n) is 6.13. The van der Waals surface area contributed by atoms with E-state index in [1.165, 1.54) is 0 Å². The van der Waals surface area contributed by atoms with Gasteiger partial charge in [0.2, 0.25) is 12.7 Å². The fourth-order valence-electron chi connectivity index (χ4n) is 4.64. The first-order valence-electron chi connectivity index (χ1n) is 9.55. The van der Waals surface area contributed by atoms with Crippen LogP contribution in [0.5, 0.6) is 11.5 Å². The highest BCUT2D eigenvalue weighted by Gasteiger charge is 2.55. The second kappa shape index (κ2) is 5.89. The number of fused-ring (bicyclic) bond motifs is 1. The van der Waals surface area contributed by atoms with Crippen molar-refractivity contribution in [1.82, 2.24) is 4.90 Å². The van der Waals surface area contributed by atoms with Crippen LogP contribution < -0.4 is 9.47 Å². The molecule has 26 heavy (non-hydrogen) atoms. The Hall–Kier alpha value is -2.24. The van der Waals surface area contributed by atoms with Crippen molar-refractivity contribution in [2.75, 3.05) is 6.79 Å². The number of hydrogen-bond donors (Lipinski definition) is 0. The third-order valence-corrected chi connectivity index (χ3v) is 6.13. The average Bonchev–Trinajstić information content (AvgIpc) is 3.04. The van der Waals surface area contributed by atoms with Crippen molar-refractivity contribution in [3.05, 3.63) is 23.8 Å². The zero-order valence-corrected chi connectivity index (χ0v) is 14.7. The van der Waals surface area contributed by atoms with Gasteiger partial charge in [0.25, 0.3) is 0 Å². The van der Waals surface area contributed by atoms with Crippen LogP contribution in [-0.4, -0.2) is 35.2 Å². The van der Waals surface area contributed by atoms with Gasteiger partial charge in [0.15, 0.2) is 11.5 Å². The minimum atomic E-state index is -0.545. The third kappa shape index (κ3) is 2.63. The van der Waals surface area contributed by atoms with Crippen LogP contribution >= 0.6 is 0 Å². The van der Waals surface area contributed by atoms with Gasteiger partial charge in [0.1, 0.15) is 5.60 Å². The summed E-state index contributed by atoms with van der Waals surface area (Å²) in [6, 6.07) is 6.11. The summed E-state index contributed by atoms with van der Waals surface area (Å²) in [6.45, 7) is 0.787. The number of hydrogen-bond acceptors (Lipinski definition) is 5. The van der Waals surface area contributed by atoms with Crippen molar-refractivity contribution < 1.29 is 23.8 Å². The maximum absolute atomic E-state index is 13.4. The van der Waals surface area contributed by atoms with Crippen LogP contribution in [0.3, 0.4) is 0 Å². The molecule has 1 atom stereocenters. The first-order chi connectivity index (χ1) is 12.6. The standard InChI is InChI=1S/C20H23NO5/c22-18-10-15(20(26-18)7-1-2-8-20)19(23)21(14-4-5-14)11-13-3-6-16-17(9-13)25-12-24-16/h3,6,9,14-15H,1-2,4-5,7-8,10-12H2. The highest BCUT2D eigenvalue weighted by atomic mass is 16.7. The number of ether oxygens (including phenoxy) is 3. The lowest BCUT2D eigenvalue weighted by Crippen LogP contribution is -2.45. The monoisotopic (exact) mass is 357 g/mol. The number of rotatable bonds is 4. The highest BCUT2D eigenvalue weighted by molar-refractivity contribution is 5.88. The second-order valence-corrected chi connectivity index (χ2v) is 7.89. The molecule has 1 aromatic rings. The molecule has 0 radical (unpaired) electrons. The molecule has 2 aliphatic carbocycles. The van der Waals surface area contributed by atoms with Crippen molar-refractivity contribution in [2.24, 2.45) is 5.92 Å². The largest absolute Gasteiger partial charge is 0.458 e. The van der Waals surface area contributed by atoms with Crippen molar-refractivity contribution in [3.63, 3.8) is 0 Å². The number of benzene rings is 1. The van der Waals surface area contributed by atoms with E-state index < -0.39 is 5.60 Å². The van der Waals surface area contributed by atoms with Crippen LogP contribution in [0.25, 0.3) is 0 Å². The number of carbonyl (C=O) groups excluding carboxylic acids is 2. The Labute approximate surface area is 152 Å². The van der Waals surface area contributed by atoms with Gasteiger partial charge in [0.05, 0.1) is 12.3 Å². The highest BCUT2D eigenvalue weighted by Crippen LogP contribution is 2.47. The van der Waals surface area contributed by atoms with Crippen LogP contribution in [0.1, 0.15) is 50.5 Å². The second-order valence-electron chi connectivity index (χ2n) is 7.89. The molecule has 2 saturated carbocycles. The van der Waals surface area contributed by atoms with E-state index >= 15 is 0 Å². The van der Waals surface area contributed by atoms with E-state index in [1.54, 1.807) is 0 Å². The summed E-state index contributed by atoms with van der Waals surface area (Å²) < 4.78 is 16.5. The Morgan fingerprint density at radius 2 is 1.92 bits per heavy atom. The lowest BCUT2D eigenvalue weighted by atomic mass is 9.84. The maximum Gasteiger partial charge on any atom is 0.307 e. The molecule has 1 aromatic carbocycles. The lowest BCUT2D eigenvalue weighted by Gasteiger charge is -2.33. The molecule has 5 rings (SSSR count). The van der Waals surface area contributed by atoms with Crippen LogP contribution in [0, 0.1) is 5.92 Å². The molecule has 4 aliphatic rings. The Morgan fingerprint density at radius 1 is 1.15 bits per heavy atom. The number of nitrogens with zero attached hydrogens (tertiary/aromatic N) is 1. The zero-order chi connectivity index (χ0) is 17.7. The van der Waals surface area contributed by atoms with Gasteiger partial charge in [-0.25, -0.2) is 0 Å². The Kier molecular flexibility index (Phi) is 3.62. The zero-order valence-electron chi connectivity index (χ0n) is 14.7. The van der Waals surface area contributed by atoms with Gasteiger partial charge in [0, 0.05) is 12.6 Å². The first-order valence-corrected chi connectivity index (χ1v) is 9.55. The van der Waals surface area contributed by atoms with Crippen LogP contribution in [0.2, 0.25) is 0 Å². The topological polar surface area (TPSA) is 65.1 Å². The van der Waals surface area contributed by atoms with Gasteiger partial charge in [-0.15, -0.1) is 0 Å². The van der Waals surface area contributed by atoms with Crippen LogP contribution in [0.4, 0.5) is 0 Å². The molecule has 0 aromatic heterocycles. The van der Waals surface area contributed by atoms with Gasteiger partial charge in [-0.1, -0.05) is 6.07 Å². The summed E-state index contributed by atoms with van der Waals surface area (Å²) in [5.41, 5.74) is 0.483. The maximum atomic E-state index is 13.4. The Bertz CT molecular complexity index is 751. The molecule has 1 saturated heterocycles. The molecule has 1 amide bonds. The fraction of sp³-hybridized carbons (Fsp3) is 0.600.